The summed E-state index contributed by atoms with van der Waals surface area (Å²) < 4.78 is 28.4. The van der Waals surface area contributed by atoms with E-state index in [2.05, 4.69) is 5.32 Å². The Morgan fingerprint density at radius 2 is 2.18 bits per heavy atom. The highest BCUT2D eigenvalue weighted by Crippen LogP contribution is 2.20. The van der Waals surface area contributed by atoms with E-state index in [1.54, 1.807) is 0 Å². The second-order valence-electron chi connectivity index (χ2n) is 3.53. The van der Waals surface area contributed by atoms with Crippen molar-refractivity contribution in [2.24, 2.45) is 0 Å². The minimum atomic E-state index is -3.00. The molecular weight excluding hydrogens is 282 g/mol. The summed E-state index contributed by atoms with van der Waals surface area (Å²) in [7, 11) is -1.51. The van der Waals surface area contributed by atoms with Crippen molar-refractivity contribution >= 4 is 32.8 Å². The van der Waals surface area contributed by atoms with Crippen molar-refractivity contribution < 1.29 is 13.2 Å². The Balaban J connectivity index is 2.19. The molecule has 98 valence electrons. The summed E-state index contributed by atoms with van der Waals surface area (Å²) in [4.78, 5) is 1.10. The number of ether oxygens (including phenoxy) is 1. The molecule has 4 nitrogen and oxygen atoms in total. The Hall–Kier alpha value is -0.140. The SMILES string of the molecule is COCCS(=O)(=O)CCNCc1ccc(Cl)s1. The highest BCUT2D eigenvalue weighted by Gasteiger charge is 2.09. The molecule has 0 radical (unpaired) electrons. The van der Waals surface area contributed by atoms with Crippen LogP contribution in [0, 0.1) is 0 Å². The number of halogens is 1. The Kier molecular flexibility index (Phi) is 6.43. The third-order valence-corrected chi connectivity index (χ3v) is 4.96. The first-order valence-electron chi connectivity index (χ1n) is 5.18. The van der Waals surface area contributed by atoms with Crippen LogP contribution in [0.2, 0.25) is 4.34 Å². The monoisotopic (exact) mass is 297 g/mol. The molecule has 0 saturated heterocycles. The van der Waals surface area contributed by atoms with Crippen LogP contribution in [-0.4, -0.2) is 40.2 Å². The molecule has 0 aromatic carbocycles. The van der Waals surface area contributed by atoms with Crippen molar-refractivity contribution in [2.45, 2.75) is 6.54 Å². The molecule has 1 rings (SSSR count). The van der Waals surface area contributed by atoms with Gasteiger partial charge < -0.3 is 10.1 Å². The number of hydrogen-bond acceptors (Lipinski definition) is 5. The highest BCUT2D eigenvalue weighted by molar-refractivity contribution is 7.91. The largest absolute Gasteiger partial charge is 0.384 e. The molecule has 0 aliphatic heterocycles. The molecule has 7 heteroatoms. The maximum atomic E-state index is 11.5. The maximum absolute atomic E-state index is 11.5. The Morgan fingerprint density at radius 1 is 1.41 bits per heavy atom. The zero-order valence-electron chi connectivity index (χ0n) is 9.61. The first-order chi connectivity index (χ1) is 8.03. The van der Waals surface area contributed by atoms with E-state index in [1.165, 1.54) is 18.4 Å². The van der Waals surface area contributed by atoms with Gasteiger partial charge in [0.25, 0.3) is 0 Å². The van der Waals surface area contributed by atoms with Crippen LogP contribution < -0.4 is 5.32 Å². The van der Waals surface area contributed by atoms with Gasteiger partial charge in [0.1, 0.15) is 0 Å². The van der Waals surface area contributed by atoms with E-state index in [0.29, 0.717) is 13.1 Å². The van der Waals surface area contributed by atoms with Crippen LogP contribution in [0.3, 0.4) is 0 Å². The fourth-order valence-electron chi connectivity index (χ4n) is 1.20. The summed E-state index contributed by atoms with van der Waals surface area (Å²) in [5, 5.41) is 3.08. The van der Waals surface area contributed by atoms with Gasteiger partial charge in [0.15, 0.2) is 9.84 Å². The number of rotatable bonds is 8. The Labute approximate surface area is 111 Å². The van der Waals surface area contributed by atoms with Crippen LogP contribution in [0.25, 0.3) is 0 Å². The summed E-state index contributed by atoms with van der Waals surface area (Å²) in [5.41, 5.74) is 0. The van der Waals surface area contributed by atoms with E-state index in [0.717, 1.165) is 9.21 Å². The summed E-state index contributed by atoms with van der Waals surface area (Å²) in [6.07, 6.45) is 0. The van der Waals surface area contributed by atoms with Crippen molar-refractivity contribution in [1.29, 1.82) is 0 Å². The van der Waals surface area contributed by atoms with Crippen LogP contribution in [0.4, 0.5) is 0 Å². The van der Waals surface area contributed by atoms with E-state index in [9.17, 15) is 8.42 Å². The lowest BCUT2D eigenvalue weighted by Gasteiger charge is -2.04. The van der Waals surface area contributed by atoms with Gasteiger partial charge in [-0.1, -0.05) is 11.6 Å². The minimum absolute atomic E-state index is 0.0794. The second-order valence-corrected chi connectivity index (χ2v) is 7.63. The third-order valence-electron chi connectivity index (χ3n) is 2.12. The standard InChI is InChI=1S/C10H16ClNO3S2/c1-15-5-7-17(13,14)6-4-12-8-9-2-3-10(11)16-9/h2-3,12H,4-8H2,1H3. The molecule has 0 spiro atoms. The predicted octanol–water partition coefficient (Wildman–Crippen LogP) is 1.55. The van der Waals surface area contributed by atoms with Gasteiger partial charge in [-0.15, -0.1) is 11.3 Å². The van der Waals surface area contributed by atoms with Gasteiger partial charge in [0.05, 0.1) is 22.4 Å². The number of nitrogens with one attached hydrogen (secondary N) is 1. The normalized spacial score (nSPS) is 11.9. The van der Waals surface area contributed by atoms with Gasteiger partial charge in [0.2, 0.25) is 0 Å². The fraction of sp³-hybridized carbons (Fsp3) is 0.600. The summed E-state index contributed by atoms with van der Waals surface area (Å²) in [6.45, 7) is 1.35. The number of methoxy groups -OCH3 is 1. The molecule has 0 unspecified atom stereocenters. The van der Waals surface area contributed by atoms with Gasteiger partial charge in [-0.3, -0.25) is 0 Å². The van der Waals surface area contributed by atoms with Crippen molar-refractivity contribution in [3.05, 3.63) is 21.3 Å². The molecule has 0 bridgehead atoms. The first-order valence-corrected chi connectivity index (χ1v) is 8.19. The molecule has 17 heavy (non-hydrogen) atoms. The van der Waals surface area contributed by atoms with Crippen LogP contribution >= 0.6 is 22.9 Å². The van der Waals surface area contributed by atoms with Crippen molar-refractivity contribution in [2.75, 3.05) is 31.8 Å². The molecule has 1 aromatic rings. The quantitative estimate of drug-likeness (QED) is 0.740. The minimum Gasteiger partial charge on any atom is -0.384 e. The van der Waals surface area contributed by atoms with Gasteiger partial charge in [0, 0.05) is 25.1 Å². The second kappa shape index (κ2) is 7.33. The van der Waals surface area contributed by atoms with Crippen molar-refractivity contribution in [3.8, 4) is 0 Å². The fourth-order valence-corrected chi connectivity index (χ4v) is 3.34. The number of thiophene rings is 1. The topological polar surface area (TPSA) is 55.4 Å². The Bertz CT molecular complexity index is 431. The van der Waals surface area contributed by atoms with Gasteiger partial charge in [-0.2, -0.15) is 0 Å². The average Bonchev–Trinajstić information content (AvgIpc) is 2.68. The maximum Gasteiger partial charge on any atom is 0.153 e. The lowest BCUT2D eigenvalue weighted by Crippen LogP contribution is -2.25. The molecular formula is C10H16ClNO3S2. The third kappa shape index (κ3) is 6.38. The van der Waals surface area contributed by atoms with Crippen LogP contribution in [0.1, 0.15) is 4.88 Å². The predicted molar refractivity (Wildman–Crippen MR) is 71.6 cm³/mol. The summed E-state index contributed by atoms with van der Waals surface area (Å²) >= 11 is 7.28. The molecule has 0 saturated carbocycles. The van der Waals surface area contributed by atoms with Crippen LogP contribution in [0.5, 0.6) is 0 Å². The van der Waals surface area contributed by atoms with Gasteiger partial charge >= 0.3 is 0 Å². The summed E-state index contributed by atoms with van der Waals surface area (Å²) in [6, 6.07) is 3.76. The van der Waals surface area contributed by atoms with Crippen molar-refractivity contribution in [3.63, 3.8) is 0 Å². The van der Waals surface area contributed by atoms with E-state index in [1.807, 2.05) is 12.1 Å². The van der Waals surface area contributed by atoms with Crippen LogP contribution in [-0.2, 0) is 21.1 Å². The Morgan fingerprint density at radius 3 is 2.76 bits per heavy atom. The molecule has 0 aliphatic rings. The zero-order chi connectivity index (χ0) is 12.7. The number of hydrogen-bond donors (Lipinski definition) is 1. The van der Waals surface area contributed by atoms with E-state index < -0.39 is 9.84 Å². The number of sulfone groups is 1. The highest BCUT2D eigenvalue weighted by atomic mass is 35.5. The molecule has 0 atom stereocenters. The average molecular weight is 298 g/mol. The van der Waals surface area contributed by atoms with E-state index in [-0.39, 0.29) is 18.1 Å². The van der Waals surface area contributed by atoms with Gasteiger partial charge in [-0.25, -0.2) is 8.42 Å². The van der Waals surface area contributed by atoms with E-state index >= 15 is 0 Å². The molecule has 0 aliphatic carbocycles. The molecule has 0 fully saturated rings. The lowest BCUT2D eigenvalue weighted by atomic mass is 10.4. The van der Waals surface area contributed by atoms with Crippen molar-refractivity contribution in [1.82, 2.24) is 5.32 Å². The first kappa shape index (κ1) is 14.9. The van der Waals surface area contributed by atoms with Gasteiger partial charge in [-0.05, 0) is 12.1 Å². The zero-order valence-corrected chi connectivity index (χ0v) is 12.0. The molecule has 1 aromatic heterocycles. The molecule has 1 N–H and O–H groups in total. The van der Waals surface area contributed by atoms with E-state index in [4.69, 9.17) is 16.3 Å². The molecule has 1 heterocycles. The lowest BCUT2D eigenvalue weighted by molar-refractivity contribution is 0.217. The summed E-state index contributed by atoms with van der Waals surface area (Å²) in [5.74, 6) is 0.214. The smallest absolute Gasteiger partial charge is 0.153 e. The molecule has 0 amide bonds. The van der Waals surface area contributed by atoms with Crippen LogP contribution in [0.15, 0.2) is 12.1 Å².